The molecule has 0 radical (unpaired) electrons. The lowest BCUT2D eigenvalue weighted by molar-refractivity contribution is -0.130. The highest BCUT2D eigenvalue weighted by atomic mass is 79.9. The van der Waals surface area contributed by atoms with E-state index in [2.05, 4.69) is 31.3 Å². The largest absolute Gasteiger partial charge is 0.494 e. The number of rotatable bonds is 12. The van der Waals surface area contributed by atoms with Crippen molar-refractivity contribution >= 4 is 27.7 Å². The first-order valence-corrected chi connectivity index (χ1v) is 15.6. The van der Waals surface area contributed by atoms with Gasteiger partial charge < -0.3 is 25.0 Å². The molecule has 1 aliphatic carbocycles. The van der Waals surface area contributed by atoms with Gasteiger partial charge in [0.25, 0.3) is 5.91 Å². The molecule has 1 fully saturated rings. The smallest absolute Gasteiger partial charge is 0.252 e. The number of carbonyl (C=O) groups is 1. The third kappa shape index (κ3) is 7.42. The van der Waals surface area contributed by atoms with Crippen molar-refractivity contribution in [3.05, 3.63) is 110 Å². The summed E-state index contributed by atoms with van der Waals surface area (Å²) in [5.74, 6) is 0.710. The Bertz CT molecular complexity index is 1500. The van der Waals surface area contributed by atoms with E-state index < -0.39 is 11.6 Å². The van der Waals surface area contributed by atoms with E-state index in [-0.39, 0.29) is 37.6 Å². The fourth-order valence-corrected chi connectivity index (χ4v) is 6.01. The summed E-state index contributed by atoms with van der Waals surface area (Å²) in [6.07, 6.45) is 2.22. The van der Waals surface area contributed by atoms with Gasteiger partial charge in [-0.15, -0.1) is 0 Å². The number of aliphatic hydroxyl groups excluding tert-OH is 2. The average molecular weight is 663 g/mol. The second kappa shape index (κ2) is 14.7. The highest BCUT2D eigenvalue weighted by Crippen LogP contribution is 2.44. The molecule has 2 aliphatic rings. The summed E-state index contributed by atoms with van der Waals surface area (Å²) in [4.78, 5) is 22.7. The average Bonchev–Trinajstić information content (AvgIpc) is 3.43. The van der Waals surface area contributed by atoms with Crippen LogP contribution >= 0.6 is 15.9 Å². The molecular formula is C33H36BrN5O5. The lowest BCUT2D eigenvalue weighted by Gasteiger charge is -2.34. The summed E-state index contributed by atoms with van der Waals surface area (Å²) in [6.45, 7) is 0.541. The van der Waals surface area contributed by atoms with Crippen molar-refractivity contribution in [3.8, 4) is 5.75 Å². The third-order valence-corrected chi connectivity index (χ3v) is 8.62. The zero-order chi connectivity index (χ0) is 30.9. The molecule has 3 aromatic rings. The maximum absolute atomic E-state index is 14.6. The summed E-state index contributed by atoms with van der Waals surface area (Å²) in [6, 6.07) is 22.5. The molecular weight excluding hydrogens is 626 g/mol. The molecule has 3 N–H and O–H groups in total. The SMILES string of the molecule is [N-]=[N+]=NCc1ccccc1[C@H]1OC(c2ccc(OCCCO)cc2)=N[C@@]1(Cc1ccc(Br)cc1)C(=O)NC1CCC(O)CC1. The molecule has 0 unspecified atom stereocenters. The van der Waals surface area contributed by atoms with Gasteiger partial charge in [-0.3, -0.25) is 4.79 Å². The number of amides is 1. The van der Waals surface area contributed by atoms with Crippen LogP contribution in [0.5, 0.6) is 5.75 Å². The van der Waals surface area contributed by atoms with Crippen LogP contribution in [0.1, 0.15) is 60.5 Å². The number of hydrogen-bond acceptors (Lipinski definition) is 7. The van der Waals surface area contributed by atoms with Crippen molar-refractivity contribution in [1.29, 1.82) is 0 Å². The van der Waals surface area contributed by atoms with Crippen molar-refractivity contribution < 1.29 is 24.5 Å². The fourth-order valence-electron chi connectivity index (χ4n) is 5.75. The topological polar surface area (TPSA) is 149 Å². The molecule has 0 bridgehead atoms. The molecule has 10 nitrogen and oxygen atoms in total. The molecule has 1 amide bonds. The molecule has 1 saturated carbocycles. The fraction of sp³-hybridized carbons (Fsp3) is 0.394. The van der Waals surface area contributed by atoms with Crippen LogP contribution in [-0.2, 0) is 22.5 Å². The van der Waals surface area contributed by atoms with Crippen LogP contribution in [-0.4, -0.2) is 52.9 Å². The van der Waals surface area contributed by atoms with E-state index in [4.69, 9.17) is 25.1 Å². The second-order valence-electron chi connectivity index (χ2n) is 11.2. The summed E-state index contributed by atoms with van der Waals surface area (Å²) < 4.78 is 13.3. The lowest BCUT2D eigenvalue weighted by Crippen LogP contribution is -2.53. The van der Waals surface area contributed by atoms with Gasteiger partial charge in [0, 0.05) is 40.4 Å². The molecule has 0 aromatic heterocycles. The van der Waals surface area contributed by atoms with Crippen LogP contribution < -0.4 is 10.1 Å². The molecule has 230 valence electrons. The van der Waals surface area contributed by atoms with Gasteiger partial charge in [0.05, 0.1) is 19.3 Å². The highest BCUT2D eigenvalue weighted by molar-refractivity contribution is 9.10. The number of hydrogen-bond donors (Lipinski definition) is 3. The first-order chi connectivity index (χ1) is 21.4. The lowest BCUT2D eigenvalue weighted by atomic mass is 9.80. The van der Waals surface area contributed by atoms with E-state index in [1.807, 2.05) is 72.8 Å². The van der Waals surface area contributed by atoms with E-state index in [1.165, 1.54) is 0 Å². The molecule has 2 atom stereocenters. The van der Waals surface area contributed by atoms with E-state index in [1.54, 1.807) is 0 Å². The summed E-state index contributed by atoms with van der Waals surface area (Å²) in [7, 11) is 0. The maximum atomic E-state index is 14.6. The molecule has 1 heterocycles. The Morgan fingerprint density at radius 3 is 2.52 bits per heavy atom. The van der Waals surface area contributed by atoms with Gasteiger partial charge in [-0.2, -0.15) is 0 Å². The monoisotopic (exact) mass is 661 g/mol. The molecule has 44 heavy (non-hydrogen) atoms. The number of aliphatic hydroxyl groups is 2. The van der Waals surface area contributed by atoms with Crippen LogP contribution in [0.25, 0.3) is 10.4 Å². The van der Waals surface area contributed by atoms with Gasteiger partial charge >= 0.3 is 0 Å². The minimum Gasteiger partial charge on any atom is -0.494 e. The van der Waals surface area contributed by atoms with Crippen LogP contribution in [0.15, 0.2) is 87.4 Å². The maximum Gasteiger partial charge on any atom is 0.252 e. The Hall–Kier alpha value is -3.89. The number of carbonyl (C=O) groups excluding carboxylic acids is 1. The normalized spacial score (nSPS) is 22.8. The van der Waals surface area contributed by atoms with Crippen molar-refractivity contribution in [2.24, 2.45) is 10.1 Å². The zero-order valence-electron chi connectivity index (χ0n) is 24.3. The molecule has 3 aromatic carbocycles. The summed E-state index contributed by atoms with van der Waals surface area (Å²) >= 11 is 3.50. The van der Waals surface area contributed by atoms with Gasteiger partial charge in [-0.25, -0.2) is 4.99 Å². The van der Waals surface area contributed by atoms with E-state index in [0.717, 1.165) is 15.6 Å². The predicted octanol–water partition coefficient (Wildman–Crippen LogP) is 5.94. The Labute approximate surface area is 264 Å². The summed E-state index contributed by atoms with van der Waals surface area (Å²) in [5, 5.41) is 26.2. The number of benzene rings is 3. The highest BCUT2D eigenvalue weighted by Gasteiger charge is 2.54. The Kier molecular flexibility index (Phi) is 10.6. The zero-order valence-corrected chi connectivity index (χ0v) is 25.9. The van der Waals surface area contributed by atoms with Crippen molar-refractivity contribution in [2.75, 3.05) is 13.2 Å². The van der Waals surface area contributed by atoms with Crippen LogP contribution in [0.4, 0.5) is 0 Å². The van der Waals surface area contributed by atoms with Gasteiger partial charge in [-0.1, -0.05) is 57.4 Å². The van der Waals surface area contributed by atoms with E-state index in [9.17, 15) is 9.90 Å². The van der Waals surface area contributed by atoms with Crippen LogP contribution in [0, 0.1) is 0 Å². The molecule has 0 spiro atoms. The predicted molar refractivity (Wildman–Crippen MR) is 170 cm³/mol. The number of halogens is 1. The number of nitrogens with zero attached hydrogens (tertiary/aromatic N) is 4. The third-order valence-electron chi connectivity index (χ3n) is 8.09. The van der Waals surface area contributed by atoms with Gasteiger partial charge in [0.15, 0.2) is 11.6 Å². The molecule has 1 aliphatic heterocycles. The van der Waals surface area contributed by atoms with E-state index in [0.29, 0.717) is 61.5 Å². The van der Waals surface area contributed by atoms with Gasteiger partial charge in [-0.05, 0) is 84.3 Å². The Balaban J connectivity index is 1.59. The minimum atomic E-state index is -1.39. The Morgan fingerprint density at radius 2 is 1.82 bits per heavy atom. The number of ether oxygens (including phenoxy) is 2. The Morgan fingerprint density at radius 1 is 1.09 bits per heavy atom. The van der Waals surface area contributed by atoms with Crippen molar-refractivity contribution in [3.63, 3.8) is 0 Å². The van der Waals surface area contributed by atoms with Gasteiger partial charge in [0.2, 0.25) is 5.90 Å². The number of aliphatic imine (C=N–C) groups is 1. The summed E-state index contributed by atoms with van der Waals surface area (Å²) in [5.41, 5.74) is 10.7. The molecule has 5 rings (SSSR count). The second-order valence-corrected chi connectivity index (χ2v) is 12.1. The minimum absolute atomic E-state index is 0.0508. The van der Waals surface area contributed by atoms with Gasteiger partial charge in [0.1, 0.15) is 5.75 Å². The van der Waals surface area contributed by atoms with E-state index >= 15 is 0 Å². The molecule has 11 heteroatoms. The number of azide groups is 1. The van der Waals surface area contributed by atoms with Crippen LogP contribution in [0.2, 0.25) is 0 Å². The van der Waals surface area contributed by atoms with Crippen LogP contribution in [0.3, 0.4) is 0 Å². The quantitative estimate of drug-likeness (QED) is 0.0950. The van der Waals surface area contributed by atoms with Crippen molar-refractivity contribution in [2.45, 2.75) is 68.9 Å². The number of nitrogens with one attached hydrogen (secondary N) is 1. The standard InChI is InChI=1S/C33H36BrN5O5/c34-25-10-6-22(7-11-25)20-33(32(42)37-26-12-14-27(41)15-13-26)30(29-5-2-1-4-24(29)21-36-39-35)44-31(38-33)23-8-16-28(17-9-23)43-19-3-18-40/h1-2,4-11,16-17,26-27,30,40-41H,3,12-15,18-21H2,(H,37,42)/t26?,27?,30-,33-/m1/s1. The molecule has 0 saturated heterocycles. The first-order valence-electron chi connectivity index (χ1n) is 14.8. The van der Waals surface area contributed by atoms with Crippen molar-refractivity contribution in [1.82, 2.24) is 5.32 Å². The first kappa shape index (κ1) is 31.5.